The van der Waals surface area contributed by atoms with Crippen LogP contribution in [-0.4, -0.2) is 27.0 Å². The number of fused-ring (bicyclic) bond motifs is 1. The van der Waals surface area contributed by atoms with Gasteiger partial charge in [-0.1, -0.05) is 6.07 Å². The highest BCUT2D eigenvalue weighted by Gasteiger charge is 2.33. The first-order valence-corrected chi connectivity index (χ1v) is 10.4. The molecule has 0 bridgehead atoms. The number of hydrogen-bond acceptors (Lipinski definition) is 4. The molecule has 6 nitrogen and oxygen atoms in total. The Hall–Kier alpha value is -3.21. The Morgan fingerprint density at radius 3 is 2.32 bits per heavy atom. The molecule has 2 heterocycles. The molecular formula is C23H25F5N4O2. The lowest BCUT2D eigenvalue weighted by Crippen LogP contribution is -2.40. The smallest absolute Gasteiger partial charge is 0.389 e. The van der Waals surface area contributed by atoms with Crippen molar-refractivity contribution >= 4 is 11.6 Å². The highest BCUT2D eigenvalue weighted by Crippen LogP contribution is 2.32. The second-order valence-corrected chi connectivity index (χ2v) is 8.64. The van der Waals surface area contributed by atoms with Crippen LogP contribution in [0.1, 0.15) is 52.8 Å². The van der Waals surface area contributed by atoms with Crippen molar-refractivity contribution in [2.24, 2.45) is 11.5 Å². The van der Waals surface area contributed by atoms with Gasteiger partial charge in [0.25, 0.3) is 5.91 Å². The lowest BCUT2D eigenvalue weighted by Gasteiger charge is -2.27. The molecule has 2 aromatic heterocycles. The van der Waals surface area contributed by atoms with Gasteiger partial charge in [0.15, 0.2) is 11.4 Å². The maximum absolute atomic E-state index is 14.0. The van der Waals surface area contributed by atoms with Crippen molar-refractivity contribution in [2.75, 3.05) is 0 Å². The molecule has 0 aliphatic heterocycles. The number of halogens is 5. The molecule has 0 saturated heterocycles. The molecule has 4 N–H and O–H groups in total. The number of alkyl halides is 3. The van der Waals surface area contributed by atoms with E-state index < -0.39 is 42.3 Å². The van der Waals surface area contributed by atoms with Crippen LogP contribution in [0.25, 0.3) is 5.65 Å². The monoisotopic (exact) mass is 484 g/mol. The molecule has 0 radical (unpaired) electrons. The highest BCUT2D eigenvalue weighted by atomic mass is 19.4. The summed E-state index contributed by atoms with van der Waals surface area (Å²) in [5, 5.41) is 0. The molecule has 3 rings (SSSR count). The van der Waals surface area contributed by atoms with Gasteiger partial charge in [-0.05, 0) is 51.0 Å². The van der Waals surface area contributed by atoms with E-state index in [0.29, 0.717) is 11.3 Å². The summed E-state index contributed by atoms with van der Waals surface area (Å²) in [6, 6.07) is 4.96. The van der Waals surface area contributed by atoms with E-state index in [1.807, 2.05) is 0 Å². The number of primary amides is 1. The molecule has 0 saturated carbocycles. The van der Waals surface area contributed by atoms with Gasteiger partial charge in [0.1, 0.15) is 23.9 Å². The number of ether oxygens (including phenoxy) is 1. The fourth-order valence-corrected chi connectivity index (χ4v) is 3.81. The molecule has 1 atom stereocenters. The van der Waals surface area contributed by atoms with Crippen molar-refractivity contribution in [2.45, 2.75) is 58.4 Å². The zero-order valence-corrected chi connectivity index (χ0v) is 18.9. The molecule has 1 aromatic carbocycles. The number of aryl methyl sites for hydroxylation is 2. The van der Waals surface area contributed by atoms with E-state index in [9.17, 15) is 26.7 Å². The van der Waals surface area contributed by atoms with Gasteiger partial charge in [-0.25, -0.2) is 13.8 Å². The van der Waals surface area contributed by atoms with Crippen molar-refractivity contribution in [3.63, 3.8) is 0 Å². The van der Waals surface area contributed by atoms with Crippen molar-refractivity contribution in [3.8, 4) is 5.75 Å². The second kappa shape index (κ2) is 9.21. The average molecular weight is 484 g/mol. The number of imidazole rings is 1. The van der Waals surface area contributed by atoms with Gasteiger partial charge in [0.2, 0.25) is 0 Å². The van der Waals surface area contributed by atoms with Crippen LogP contribution in [0.5, 0.6) is 5.75 Å². The fraction of sp³-hybridized carbons (Fsp3) is 0.391. The first kappa shape index (κ1) is 25.4. The summed E-state index contributed by atoms with van der Waals surface area (Å²) in [5.41, 5.74) is 11.6. The van der Waals surface area contributed by atoms with Gasteiger partial charge in [-0.15, -0.1) is 0 Å². The molecule has 1 unspecified atom stereocenters. The van der Waals surface area contributed by atoms with Crippen LogP contribution < -0.4 is 16.2 Å². The van der Waals surface area contributed by atoms with Crippen molar-refractivity contribution in [3.05, 3.63) is 64.1 Å². The Balaban J connectivity index is 2.07. The summed E-state index contributed by atoms with van der Waals surface area (Å²) in [7, 11) is 0. The third kappa shape index (κ3) is 5.46. The van der Waals surface area contributed by atoms with E-state index in [-0.39, 0.29) is 41.2 Å². The Kier molecular flexibility index (Phi) is 6.88. The molecule has 0 aliphatic rings. The Bertz CT molecular complexity index is 1210. The predicted molar refractivity (Wildman–Crippen MR) is 115 cm³/mol. The Morgan fingerprint density at radius 1 is 1.15 bits per heavy atom. The summed E-state index contributed by atoms with van der Waals surface area (Å²) in [5.74, 6) is -2.26. The molecule has 0 spiro atoms. The van der Waals surface area contributed by atoms with Gasteiger partial charge < -0.3 is 16.2 Å². The summed E-state index contributed by atoms with van der Waals surface area (Å²) in [6.45, 7) is 4.23. The summed E-state index contributed by atoms with van der Waals surface area (Å²) >= 11 is 0. The zero-order chi connectivity index (χ0) is 25.4. The topological polar surface area (TPSA) is 95.6 Å². The van der Waals surface area contributed by atoms with Crippen LogP contribution in [0.2, 0.25) is 0 Å². The average Bonchev–Trinajstić information content (AvgIpc) is 3.06. The minimum Gasteiger partial charge on any atom is -0.485 e. The van der Waals surface area contributed by atoms with Crippen LogP contribution in [0.3, 0.4) is 0 Å². The van der Waals surface area contributed by atoms with Crippen LogP contribution in [0, 0.1) is 25.5 Å². The number of amides is 1. The number of carbonyl (C=O) groups is 1. The first-order valence-electron chi connectivity index (χ1n) is 10.4. The molecule has 1 amide bonds. The van der Waals surface area contributed by atoms with Gasteiger partial charge in [0.05, 0.1) is 11.3 Å². The molecule has 34 heavy (non-hydrogen) atoms. The molecule has 11 heteroatoms. The summed E-state index contributed by atoms with van der Waals surface area (Å²) in [6.07, 6.45) is -5.80. The van der Waals surface area contributed by atoms with Crippen LogP contribution in [0.4, 0.5) is 22.0 Å². The highest BCUT2D eigenvalue weighted by molar-refractivity contribution is 5.93. The number of aromatic nitrogens is 2. The molecule has 0 aliphatic carbocycles. The standard InChI is InChI=1S/C23H25F5N4O2/c1-12-9-18(34-11-14-15(24)5-4-6-16(14)25)21-31-13(2)19(20(29)33)32(21)17(12)10-22(3,30)7-8-23(26,27)28/h4-6,9H,7-8,10-11,30H2,1-3H3,(H2,29,33). The second-order valence-electron chi connectivity index (χ2n) is 8.64. The maximum atomic E-state index is 14.0. The van der Waals surface area contributed by atoms with Crippen LogP contribution in [-0.2, 0) is 13.0 Å². The number of benzene rings is 1. The summed E-state index contributed by atoms with van der Waals surface area (Å²) in [4.78, 5) is 16.5. The lowest BCUT2D eigenvalue weighted by molar-refractivity contribution is -0.138. The predicted octanol–water partition coefficient (Wildman–Crippen LogP) is 4.51. The van der Waals surface area contributed by atoms with E-state index in [4.69, 9.17) is 16.2 Å². The minimum absolute atomic E-state index is 0.0160. The van der Waals surface area contributed by atoms with Crippen LogP contribution in [0.15, 0.2) is 24.3 Å². The number of carbonyl (C=O) groups excluding carboxylic acids is 1. The van der Waals surface area contributed by atoms with E-state index in [1.54, 1.807) is 13.0 Å². The number of rotatable bonds is 8. The minimum atomic E-state index is -4.37. The quantitative estimate of drug-likeness (QED) is 0.460. The number of hydrogen-bond donors (Lipinski definition) is 2. The Labute approximate surface area is 192 Å². The third-order valence-electron chi connectivity index (χ3n) is 5.56. The molecule has 3 aromatic rings. The van der Waals surface area contributed by atoms with E-state index in [2.05, 4.69) is 4.98 Å². The number of pyridine rings is 1. The third-order valence-corrected chi connectivity index (χ3v) is 5.56. The van der Waals surface area contributed by atoms with Gasteiger partial charge in [-0.3, -0.25) is 9.20 Å². The van der Waals surface area contributed by atoms with Crippen LogP contribution >= 0.6 is 0 Å². The lowest BCUT2D eigenvalue weighted by atomic mass is 9.89. The van der Waals surface area contributed by atoms with Gasteiger partial charge in [-0.2, -0.15) is 13.2 Å². The maximum Gasteiger partial charge on any atom is 0.389 e. The van der Waals surface area contributed by atoms with E-state index in [0.717, 1.165) is 12.1 Å². The van der Waals surface area contributed by atoms with Crippen molar-refractivity contribution in [1.29, 1.82) is 0 Å². The SMILES string of the molecule is Cc1cc(OCc2c(F)cccc2F)c2nc(C)c(C(N)=O)n2c1CC(C)(N)CCC(F)(F)F. The number of nitrogens with zero attached hydrogens (tertiary/aromatic N) is 2. The molecule has 184 valence electrons. The largest absolute Gasteiger partial charge is 0.485 e. The first-order chi connectivity index (χ1) is 15.7. The van der Waals surface area contributed by atoms with Crippen molar-refractivity contribution in [1.82, 2.24) is 9.38 Å². The normalized spacial score (nSPS) is 13.8. The molecule has 0 fully saturated rings. The summed E-state index contributed by atoms with van der Waals surface area (Å²) < 4.78 is 73.4. The van der Waals surface area contributed by atoms with E-state index >= 15 is 0 Å². The van der Waals surface area contributed by atoms with Gasteiger partial charge >= 0.3 is 6.18 Å². The molecular weight excluding hydrogens is 459 g/mol. The Morgan fingerprint density at radius 2 is 1.76 bits per heavy atom. The van der Waals surface area contributed by atoms with Crippen molar-refractivity contribution < 1.29 is 31.5 Å². The van der Waals surface area contributed by atoms with E-state index in [1.165, 1.54) is 24.3 Å². The van der Waals surface area contributed by atoms with Gasteiger partial charge in [0, 0.05) is 24.1 Å². The number of nitrogens with two attached hydrogens (primary N) is 2. The zero-order valence-electron chi connectivity index (χ0n) is 18.9. The fourth-order valence-electron chi connectivity index (χ4n) is 3.81.